The summed E-state index contributed by atoms with van der Waals surface area (Å²) in [5.41, 5.74) is 0.954. The number of rotatable bonds is 10. The van der Waals surface area contributed by atoms with E-state index in [1.165, 1.54) is 39.5 Å². The van der Waals surface area contributed by atoms with Crippen LogP contribution in [-0.4, -0.2) is 61.4 Å². The largest absolute Gasteiger partial charge is 0.495 e. The first-order valence-electron chi connectivity index (χ1n) is 11.7. The molecule has 1 saturated heterocycles. The van der Waals surface area contributed by atoms with E-state index in [2.05, 4.69) is 30.8 Å². The maximum atomic E-state index is 12.6. The second-order valence-electron chi connectivity index (χ2n) is 8.20. The molecule has 2 heterocycles. The normalized spacial score (nSPS) is 13.2. The molecule has 10 nitrogen and oxygen atoms in total. The number of methoxy groups -OCH3 is 2. The van der Waals surface area contributed by atoms with Crippen LogP contribution in [0, 0.1) is 0 Å². The van der Waals surface area contributed by atoms with E-state index in [-0.39, 0.29) is 21.6 Å². The fourth-order valence-corrected chi connectivity index (χ4v) is 4.43. The summed E-state index contributed by atoms with van der Waals surface area (Å²) in [4.78, 5) is 23.4. The van der Waals surface area contributed by atoms with Crippen molar-refractivity contribution >= 4 is 52.2 Å². The average Bonchev–Trinajstić information content (AvgIpc) is 3.42. The van der Waals surface area contributed by atoms with Crippen molar-refractivity contribution in [3.63, 3.8) is 0 Å². The molecule has 4 rings (SSSR count). The van der Waals surface area contributed by atoms with E-state index < -0.39 is 6.03 Å². The highest BCUT2D eigenvalue weighted by atomic mass is 35.5. The zero-order chi connectivity index (χ0) is 26.2. The van der Waals surface area contributed by atoms with Crippen LogP contribution in [0.5, 0.6) is 17.2 Å². The standard InChI is InChI=1S/C25H28Cl2N6O4/c1-35-18-13-19(36-2)23(27)24(22(18)26)32-25(34)31-21-14-20(28-15-29-21)30-16-5-7-17(8-6-16)37-12-11-33-9-3-4-10-33/h5-8,13-15H,3-4,9-12H2,1-2H3,(H3,28,29,30,31,32,34). The van der Waals surface area contributed by atoms with Gasteiger partial charge in [0, 0.05) is 24.4 Å². The van der Waals surface area contributed by atoms with Gasteiger partial charge in [-0.2, -0.15) is 0 Å². The van der Waals surface area contributed by atoms with Crippen LogP contribution in [0.1, 0.15) is 12.8 Å². The Morgan fingerprint density at radius 1 is 0.946 bits per heavy atom. The van der Waals surface area contributed by atoms with Gasteiger partial charge in [-0.1, -0.05) is 23.2 Å². The molecule has 1 aliphatic heterocycles. The number of ether oxygens (including phenoxy) is 3. The van der Waals surface area contributed by atoms with Gasteiger partial charge in [0.25, 0.3) is 0 Å². The van der Waals surface area contributed by atoms with Gasteiger partial charge in [-0.15, -0.1) is 0 Å². The molecule has 0 atom stereocenters. The Morgan fingerprint density at radius 2 is 1.59 bits per heavy atom. The third-order valence-electron chi connectivity index (χ3n) is 5.72. The summed E-state index contributed by atoms with van der Waals surface area (Å²) in [6.07, 6.45) is 3.87. The molecule has 1 fully saturated rings. The Balaban J connectivity index is 1.34. The van der Waals surface area contributed by atoms with Gasteiger partial charge in [0.15, 0.2) is 0 Å². The summed E-state index contributed by atoms with van der Waals surface area (Å²) < 4.78 is 16.3. The van der Waals surface area contributed by atoms with Crippen molar-refractivity contribution in [1.82, 2.24) is 14.9 Å². The summed E-state index contributed by atoms with van der Waals surface area (Å²) in [5.74, 6) is 2.16. The molecule has 3 N–H and O–H groups in total. The van der Waals surface area contributed by atoms with Gasteiger partial charge in [-0.3, -0.25) is 10.2 Å². The maximum absolute atomic E-state index is 12.6. The molecule has 2 aromatic carbocycles. The Morgan fingerprint density at radius 3 is 2.24 bits per heavy atom. The number of halogens is 2. The molecule has 0 spiro atoms. The van der Waals surface area contributed by atoms with Crippen LogP contribution in [0.15, 0.2) is 42.7 Å². The second-order valence-corrected chi connectivity index (χ2v) is 8.95. The number of hydrogen-bond donors (Lipinski definition) is 3. The molecule has 1 aromatic heterocycles. The topological polar surface area (TPSA) is 110 Å². The first-order valence-corrected chi connectivity index (χ1v) is 12.4. The molecule has 196 valence electrons. The lowest BCUT2D eigenvalue weighted by Gasteiger charge is -2.15. The van der Waals surface area contributed by atoms with Crippen LogP contribution in [0.4, 0.5) is 27.8 Å². The van der Waals surface area contributed by atoms with Crippen LogP contribution >= 0.6 is 23.2 Å². The summed E-state index contributed by atoms with van der Waals surface area (Å²) >= 11 is 12.6. The summed E-state index contributed by atoms with van der Waals surface area (Å²) in [6, 6.07) is 10.1. The molecule has 37 heavy (non-hydrogen) atoms. The first-order chi connectivity index (χ1) is 18.0. The molecular formula is C25H28Cl2N6O4. The van der Waals surface area contributed by atoms with Crippen molar-refractivity contribution in [2.45, 2.75) is 12.8 Å². The molecule has 0 bridgehead atoms. The number of anilines is 4. The van der Waals surface area contributed by atoms with Crippen molar-refractivity contribution in [2.24, 2.45) is 0 Å². The Labute approximate surface area is 225 Å². The molecule has 0 saturated carbocycles. The van der Waals surface area contributed by atoms with E-state index >= 15 is 0 Å². The molecule has 3 aromatic rings. The van der Waals surface area contributed by atoms with Crippen LogP contribution in [0.25, 0.3) is 0 Å². The van der Waals surface area contributed by atoms with E-state index in [0.717, 1.165) is 31.1 Å². The lowest BCUT2D eigenvalue weighted by molar-refractivity contribution is 0.238. The second kappa shape index (κ2) is 12.7. The monoisotopic (exact) mass is 546 g/mol. The summed E-state index contributed by atoms with van der Waals surface area (Å²) in [7, 11) is 2.90. The average molecular weight is 547 g/mol. The number of amides is 2. The predicted molar refractivity (Wildman–Crippen MR) is 145 cm³/mol. The van der Waals surface area contributed by atoms with Gasteiger partial charge in [0.1, 0.15) is 51.9 Å². The Hall–Kier alpha value is -3.47. The van der Waals surface area contributed by atoms with E-state index in [1.54, 1.807) is 6.07 Å². The Bertz CT molecular complexity index is 1190. The van der Waals surface area contributed by atoms with E-state index in [4.69, 9.17) is 37.4 Å². The minimum atomic E-state index is -0.612. The van der Waals surface area contributed by atoms with E-state index in [0.29, 0.717) is 23.9 Å². The smallest absolute Gasteiger partial charge is 0.324 e. The Kier molecular flexibility index (Phi) is 9.10. The zero-order valence-electron chi connectivity index (χ0n) is 20.5. The quantitative estimate of drug-likeness (QED) is 0.298. The van der Waals surface area contributed by atoms with Crippen LogP contribution in [0.2, 0.25) is 10.0 Å². The molecule has 0 radical (unpaired) electrons. The third-order valence-corrected chi connectivity index (χ3v) is 6.47. The highest BCUT2D eigenvalue weighted by molar-refractivity contribution is 6.41. The van der Waals surface area contributed by atoms with Crippen LogP contribution in [0.3, 0.4) is 0 Å². The fourth-order valence-electron chi connectivity index (χ4n) is 3.83. The minimum Gasteiger partial charge on any atom is -0.495 e. The number of nitrogens with zero attached hydrogens (tertiary/aromatic N) is 3. The van der Waals surface area contributed by atoms with Gasteiger partial charge in [-0.05, 0) is 50.2 Å². The lowest BCUT2D eigenvalue weighted by Crippen LogP contribution is -2.25. The highest BCUT2D eigenvalue weighted by Crippen LogP contribution is 2.44. The molecule has 2 amide bonds. The van der Waals surface area contributed by atoms with Crippen molar-refractivity contribution in [3.8, 4) is 17.2 Å². The van der Waals surface area contributed by atoms with Gasteiger partial charge >= 0.3 is 6.03 Å². The number of likely N-dealkylation sites (tertiary alicyclic amines) is 1. The van der Waals surface area contributed by atoms with Gasteiger partial charge in [0.05, 0.1) is 19.9 Å². The summed E-state index contributed by atoms with van der Waals surface area (Å²) in [5, 5.41) is 8.71. The number of carbonyl (C=O) groups is 1. The maximum Gasteiger partial charge on any atom is 0.324 e. The van der Waals surface area contributed by atoms with Crippen LogP contribution < -0.4 is 30.2 Å². The van der Waals surface area contributed by atoms with E-state index in [9.17, 15) is 4.79 Å². The summed E-state index contributed by atoms with van der Waals surface area (Å²) in [6.45, 7) is 3.91. The number of carbonyl (C=O) groups excluding carboxylic acids is 1. The first kappa shape index (κ1) is 26.6. The predicted octanol–water partition coefficient (Wildman–Crippen LogP) is 5.66. The van der Waals surface area contributed by atoms with Gasteiger partial charge < -0.3 is 24.8 Å². The van der Waals surface area contributed by atoms with Gasteiger partial charge in [0.2, 0.25) is 0 Å². The number of urea groups is 1. The molecule has 1 aliphatic rings. The number of benzene rings is 2. The third kappa shape index (κ3) is 7.06. The number of nitrogens with one attached hydrogen (secondary N) is 3. The van der Waals surface area contributed by atoms with Crippen molar-refractivity contribution in [3.05, 3.63) is 52.8 Å². The highest BCUT2D eigenvalue weighted by Gasteiger charge is 2.19. The van der Waals surface area contributed by atoms with Crippen molar-refractivity contribution < 1.29 is 19.0 Å². The van der Waals surface area contributed by atoms with Crippen LogP contribution in [-0.2, 0) is 0 Å². The zero-order valence-corrected chi connectivity index (χ0v) is 22.0. The molecular weight excluding hydrogens is 519 g/mol. The fraction of sp³-hybridized carbons (Fsp3) is 0.320. The SMILES string of the molecule is COc1cc(OC)c(Cl)c(NC(=O)Nc2cc(Nc3ccc(OCCN4CCCC4)cc3)ncn2)c1Cl. The minimum absolute atomic E-state index is 0.136. The van der Waals surface area contributed by atoms with E-state index in [1.807, 2.05) is 24.3 Å². The number of hydrogen-bond acceptors (Lipinski definition) is 8. The molecule has 0 aliphatic carbocycles. The molecule has 0 unspecified atom stereocenters. The van der Waals surface area contributed by atoms with Crippen molar-refractivity contribution in [1.29, 1.82) is 0 Å². The molecule has 12 heteroatoms. The number of aromatic nitrogens is 2. The van der Waals surface area contributed by atoms with Crippen molar-refractivity contribution in [2.75, 3.05) is 56.4 Å². The lowest BCUT2D eigenvalue weighted by atomic mass is 10.2. The van der Waals surface area contributed by atoms with Gasteiger partial charge in [-0.25, -0.2) is 14.8 Å².